The van der Waals surface area contributed by atoms with Crippen LogP contribution in [0.15, 0.2) is 12.7 Å². The van der Waals surface area contributed by atoms with Crippen LogP contribution in [0.4, 0.5) is 5.82 Å². The van der Waals surface area contributed by atoms with Crippen LogP contribution >= 0.6 is 0 Å². The van der Waals surface area contributed by atoms with Crippen molar-refractivity contribution >= 4 is 22.9 Å². The van der Waals surface area contributed by atoms with Gasteiger partial charge in [0.1, 0.15) is 30.2 Å². The van der Waals surface area contributed by atoms with Crippen LogP contribution in [0.1, 0.15) is 6.23 Å². The Balaban J connectivity index is 1.75. The zero-order valence-electron chi connectivity index (χ0n) is 14.9. The summed E-state index contributed by atoms with van der Waals surface area (Å²) in [4.78, 5) is 25.9. The largest absolute Gasteiger partial charge is 0.387 e. The molecule has 1 fully saturated rings. The number of anilines is 1. The lowest BCUT2D eigenvalue weighted by Crippen LogP contribution is -2.48. The molecular formula is C15H23N7O5. The molecule has 6 N–H and O–H groups in total. The Hall–Kier alpha value is -2.38. The van der Waals surface area contributed by atoms with Crippen molar-refractivity contribution in [2.24, 2.45) is 0 Å². The van der Waals surface area contributed by atoms with Crippen molar-refractivity contribution in [1.82, 2.24) is 29.7 Å². The van der Waals surface area contributed by atoms with Crippen LogP contribution < -0.4 is 11.1 Å². The van der Waals surface area contributed by atoms with Crippen LogP contribution in [0.25, 0.3) is 11.2 Å². The number of aliphatic hydroxyl groups excluding tert-OH is 3. The Labute approximate surface area is 154 Å². The zero-order chi connectivity index (χ0) is 19.7. The molecule has 0 bridgehead atoms. The fraction of sp³-hybridized carbons (Fsp3) is 0.600. The number of hydrogen-bond donors (Lipinski definition) is 5. The first-order valence-electron chi connectivity index (χ1n) is 8.36. The lowest BCUT2D eigenvalue weighted by atomic mass is 10.0. The highest BCUT2D eigenvalue weighted by molar-refractivity contribution is 5.82. The summed E-state index contributed by atoms with van der Waals surface area (Å²) in [7, 11) is 3.69. The second kappa shape index (κ2) is 7.70. The van der Waals surface area contributed by atoms with Crippen LogP contribution in [-0.4, -0.2) is 97.2 Å². The van der Waals surface area contributed by atoms with Gasteiger partial charge in [0.05, 0.1) is 6.33 Å². The van der Waals surface area contributed by atoms with E-state index in [0.717, 1.165) is 0 Å². The Kier molecular flexibility index (Phi) is 5.53. The number of rotatable bonds is 6. The molecule has 1 saturated heterocycles. The Morgan fingerprint density at radius 2 is 2.11 bits per heavy atom. The van der Waals surface area contributed by atoms with Gasteiger partial charge in [-0.05, 0) is 14.1 Å². The van der Waals surface area contributed by atoms with E-state index >= 15 is 0 Å². The second-order valence-corrected chi connectivity index (χ2v) is 6.59. The van der Waals surface area contributed by atoms with Crippen molar-refractivity contribution in [2.45, 2.75) is 30.6 Å². The number of aromatic nitrogens is 4. The van der Waals surface area contributed by atoms with Crippen molar-refractivity contribution < 1.29 is 24.9 Å². The Morgan fingerprint density at radius 1 is 1.37 bits per heavy atom. The SMILES string of the molecule is CN(C)CCNC(=O)C(O)[C@H]1O[C@@H](n2cnc3c(N)ncnc32)[C@H](O)[C@@H]1O. The van der Waals surface area contributed by atoms with Gasteiger partial charge in [-0.2, -0.15) is 0 Å². The molecule has 148 valence electrons. The minimum atomic E-state index is -1.66. The minimum absolute atomic E-state index is 0.156. The van der Waals surface area contributed by atoms with Gasteiger partial charge in [0.2, 0.25) is 0 Å². The summed E-state index contributed by atoms with van der Waals surface area (Å²) in [6.07, 6.45) is -4.40. The molecule has 1 unspecified atom stereocenters. The molecule has 1 aliphatic rings. The molecule has 12 nitrogen and oxygen atoms in total. The summed E-state index contributed by atoms with van der Waals surface area (Å²) in [5.41, 5.74) is 6.35. The maximum Gasteiger partial charge on any atom is 0.251 e. The maximum atomic E-state index is 12.1. The lowest BCUT2D eigenvalue weighted by molar-refractivity contribution is -0.143. The molecule has 0 aliphatic carbocycles. The van der Waals surface area contributed by atoms with Gasteiger partial charge in [-0.3, -0.25) is 9.36 Å². The average Bonchev–Trinajstić information content (AvgIpc) is 3.17. The normalized spacial score (nSPS) is 26.6. The Bertz CT molecular complexity index is 813. The molecule has 0 saturated carbocycles. The molecule has 0 radical (unpaired) electrons. The van der Waals surface area contributed by atoms with E-state index in [1.165, 1.54) is 17.2 Å². The van der Waals surface area contributed by atoms with E-state index in [1.807, 2.05) is 19.0 Å². The number of fused-ring (bicyclic) bond motifs is 1. The van der Waals surface area contributed by atoms with Gasteiger partial charge in [0.25, 0.3) is 5.91 Å². The zero-order valence-corrected chi connectivity index (χ0v) is 14.9. The molecule has 0 aromatic carbocycles. The van der Waals surface area contributed by atoms with Gasteiger partial charge in [0, 0.05) is 13.1 Å². The molecule has 2 aromatic rings. The Morgan fingerprint density at radius 3 is 2.81 bits per heavy atom. The number of ether oxygens (including phenoxy) is 1. The number of likely N-dealkylation sites (N-methyl/N-ethyl adjacent to an activating group) is 1. The van der Waals surface area contributed by atoms with Gasteiger partial charge in [0.15, 0.2) is 23.8 Å². The lowest BCUT2D eigenvalue weighted by Gasteiger charge is -2.21. The number of nitrogen functional groups attached to an aromatic ring is 1. The standard InChI is InChI=1S/C15H23N7O5/c1-21(2)4-3-17-14(26)10(25)11-8(23)9(24)15(27-11)22-6-20-7-12(16)18-5-19-13(7)22/h5-6,8-11,15,23-25H,3-4H2,1-2H3,(H,17,26)(H2,16,18,19)/t8-,9+,10?,11-,15+/m0/s1. The first kappa shape index (κ1) is 19.4. The minimum Gasteiger partial charge on any atom is -0.387 e. The summed E-state index contributed by atoms with van der Waals surface area (Å²) >= 11 is 0. The predicted octanol–water partition coefficient (Wildman–Crippen LogP) is -2.93. The smallest absolute Gasteiger partial charge is 0.251 e. The van der Waals surface area contributed by atoms with Crippen molar-refractivity contribution in [3.8, 4) is 0 Å². The third kappa shape index (κ3) is 3.70. The van der Waals surface area contributed by atoms with E-state index < -0.39 is 36.6 Å². The summed E-state index contributed by atoms with van der Waals surface area (Å²) in [5.74, 6) is -0.542. The number of imidazole rings is 1. The van der Waals surface area contributed by atoms with Gasteiger partial charge in [-0.1, -0.05) is 0 Å². The third-order valence-corrected chi connectivity index (χ3v) is 4.37. The quantitative estimate of drug-likeness (QED) is 0.349. The molecule has 12 heteroatoms. The second-order valence-electron chi connectivity index (χ2n) is 6.59. The monoisotopic (exact) mass is 381 g/mol. The molecule has 27 heavy (non-hydrogen) atoms. The highest BCUT2D eigenvalue weighted by Crippen LogP contribution is 2.33. The summed E-state index contributed by atoms with van der Waals surface area (Å²) < 4.78 is 6.96. The summed E-state index contributed by atoms with van der Waals surface area (Å²) in [6, 6.07) is 0. The van der Waals surface area contributed by atoms with Crippen molar-refractivity contribution in [3.63, 3.8) is 0 Å². The predicted molar refractivity (Wildman–Crippen MR) is 93.2 cm³/mol. The van der Waals surface area contributed by atoms with Crippen molar-refractivity contribution in [3.05, 3.63) is 12.7 Å². The first-order valence-corrected chi connectivity index (χ1v) is 8.36. The van der Waals surface area contributed by atoms with Gasteiger partial charge in [-0.25, -0.2) is 15.0 Å². The van der Waals surface area contributed by atoms with E-state index in [-0.39, 0.29) is 5.82 Å². The molecule has 1 amide bonds. The average molecular weight is 381 g/mol. The fourth-order valence-corrected chi connectivity index (χ4v) is 2.89. The van der Waals surface area contributed by atoms with Crippen LogP contribution in [0, 0.1) is 0 Å². The summed E-state index contributed by atoms with van der Waals surface area (Å²) in [6.45, 7) is 0.903. The molecule has 5 atom stereocenters. The van der Waals surface area contributed by atoms with Crippen LogP contribution in [-0.2, 0) is 9.53 Å². The first-order chi connectivity index (χ1) is 12.8. The van der Waals surface area contributed by atoms with E-state index in [4.69, 9.17) is 10.5 Å². The summed E-state index contributed by atoms with van der Waals surface area (Å²) in [5, 5.41) is 33.4. The van der Waals surface area contributed by atoms with Crippen LogP contribution in [0.5, 0.6) is 0 Å². The number of hydrogen-bond acceptors (Lipinski definition) is 10. The molecular weight excluding hydrogens is 358 g/mol. The number of nitrogens with zero attached hydrogens (tertiary/aromatic N) is 5. The number of carbonyl (C=O) groups excluding carboxylic acids is 1. The van der Waals surface area contributed by atoms with Crippen LogP contribution in [0.3, 0.4) is 0 Å². The molecule has 1 aliphatic heterocycles. The molecule has 0 spiro atoms. The van der Waals surface area contributed by atoms with Gasteiger partial charge < -0.3 is 36.0 Å². The van der Waals surface area contributed by atoms with Gasteiger partial charge >= 0.3 is 0 Å². The highest BCUT2D eigenvalue weighted by atomic mass is 16.6. The fourth-order valence-electron chi connectivity index (χ4n) is 2.89. The molecule has 3 heterocycles. The van der Waals surface area contributed by atoms with Crippen molar-refractivity contribution in [2.75, 3.05) is 32.9 Å². The van der Waals surface area contributed by atoms with E-state index in [9.17, 15) is 20.1 Å². The van der Waals surface area contributed by atoms with E-state index in [2.05, 4.69) is 20.3 Å². The molecule has 2 aromatic heterocycles. The van der Waals surface area contributed by atoms with Crippen molar-refractivity contribution in [1.29, 1.82) is 0 Å². The number of nitrogens with one attached hydrogen (secondary N) is 1. The van der Waals surface area contributed by atoms with Gasteiger partial charge in [-0.15, -0.1) is 0 Å². The molecule has 3 rings (SSSR count). The number of aliphatic hydroxyl groups is 3. The number of amides is 1. The topological polar surface area (TPSA) is 172 Å². The third-order valence-electron chi connectivity index (χ3n) is 4.37. The highest BCUT2D eigenvalue weighted by Gasteiger charge is 2.49. The van der Waals surface area contributed by atoms with E-state index in [0.29, 0.717) is 24.3 Å². The number of carbonyl (C=O) groups is 1. The van der Waals surface area contributed by atoms with E-state index in [1.54, 1.807) is 0 Å². The van der Waals surface area contributed by atoms with Crippen LogP contribution in [0.2, 0.25) is 0 Å². The maximum absolute atomic E-state index is 12.1. The number of nitrogens with two attached hydrogens (primary N) is 1.